The Morgan fingerprint density at radius 3 is 2.75 bits per heavy atom. The standard InChI is InChI=1S/C12H13NO3/c1-7-13-9-6-8(4-5-10(9)16-7)12(2,3)11(14)15/h4-6H,1-3H3,(H,14,15). The van der Waals surface area contributed by atoms with Crippen LogP contribution in [0.1, 0.15) is 25.3 Å². The lowest BCUT2D eigenvalue weighted by molar-refractivity contribution is -0.142. The first kappa shape index (κ1) is 10.7. The topological polar surface area (TPSA) is 63.3 Å². The normalized spacial score (nSPS) is 11.9. The minimum Gasteiger partial charge on any atom is -0.481 e. The van der Waals surface area contributed by atoms with Gasteiger partial charge in [0.2, 0.25) is 0 Å². The molecule has 0 spiro atoms. The predicted molar refractivity (Wildman–Crippen MR) is 59.4 cm³/mol. The molecule has 4 heteroatoms. The Morgan fingerprint density at radius 2 is 2.12 bits per heavy atom. The number of rotatable bonds is 2. The molecule has 2 rings (SSSR count). The van der Waals surface area contributed by atoms with Gasteiger partial charge in [-0.05, 0) is 31.5 Å². The second-order valence-electron chi connectivity index (χ2n) is 4.35. The van der Waals surface area contributed by atoms with Gasteiger partial charge in [0.15, 0.2) is 11.5 Å². The molecule has 0 fully saturated rings. The van der Waals surface area contributed by atoms with Gasteiger partial charge in [0.1, 0.15) is 5.52 Å². The molecule has 1 aromatic carbocycles. The fourth-order valence-corrected chi connectivity index (χ4v) is 1.55. The number of fused-ring (bicyclic) bond motifs is 1. The van der Waals surface area contributed by atoms with E-state index in [1.165, 1.54) is 0 Å². The zero-order valence-corrected chi connectivity index (χ0v) is 9.44. The summed E-state index contributed by atoms with van der Waals surface area (Å²) in [4.78, 5) is 15.3. The first-order valence-corrected chi connectivity index (χ1v) is 5.02. The summed E-state index contributed by atoms with van der Waals surface area (Å²) in [6.07, 6.45) is 0. The Hall–Kier alpha value is -1.84. The third-order valence-electron chi connectivity index (χ3n) is 2.75. The van der Waals surface area contributed by atoms with Crippen LogP contribution in [0.2, 0.25) is 0 Å². The fourth-order valence-electron chi connectivity index (χ4n) is 1.55. The van der Waals surface area contributed by atoms with Crippen LogP contribution in [0.4, 0.5) is 0 Å². The summed E-state index contributed by atoms with van der Waals surface area (Å²) in [6.45, 7) is 5.11. The Balaban J connectivity index is 2.58. The van der Waals surface area contributed by atoms with Crippen LogP contribution >= 0.6 is 0 Å². The monoisotopic (exact) mass is 219 g/mol. The lowest BCUT2D eigenvalue weighted by atomic mass is 9.85. The van der Waals surface area contributed by atoms with Crippen molar-refractivity contribution >= 4 is 17.1 Å². The number of carboxylic acid groups (broad SMARTS) is 1. The summed E-state index contributed by atoms with van der Waals surface area (Å²) in [5, 5.41) is 9.13. The Bertz CT molecular complexity index is 554. The number of aromatic nitrogens is 1. The summed E-state index contributed by atoms with van der Waals surface area (Å²) in [6, 6.07) is 5.29. The zero-order chi connectivity index (χ0) is 11.9. The van der Waals surface area contributed by atoms with Crippen molar-refractivity contribution in [1.29, 1.82) is 0 Å². The largest absolute Gasteiger partial charge is 0.481 e. The molecular weight excluding hydrogens is 206 g/mol. The van der Waals surface area contributed by atoms with Crippen molar-refractivity contribution in [2.75, 3.05) is 0 Å². The molecule has 0 aliphatic rings. The summed E-state index contributed by atoms with van der Waals surface area (Å²) in [7, 11) is 0. The molecule has 0 radical (unpaired) electrons. The summed E-state index contributed by atoms with van der Waals surface area (Å²) >= 11 is 0. The van der Waals surface area contributed by atoms with Gasteiger partial charge >= 0.3 is 5.97 Å². The van der Waals surface area contributed by atoms with E-state index in [1.807, 2.05) is 0 Å². The third-order valence-corrected chi connectivity index (χ3v) is 2.75. The van der Waals surface area contributed by atoms with Crippen molar-refractivity contribution in [2.24, 2.45) is 0 Å². The second-order valence-corrected chi connectivity index (χ2v) is 4.35. The fraction of sp³-hybridized carbons (Fsp3) is 0.333. The number of oxazole rings is 1. The number of carboxylic acids is 1. The van der Waals surface area contributed by atoms with E-state index in [-0.39, 0.29) is 0 Å². The average Bonchev–Trinajstić information content (AvgIpc) is 2.56. The number of aliphatic carboxylic acids is 1. The first-order valence-electron chi connectivity index (χ1n) is 5.02. The van der Waals surface area contributed by atoms with Crippen LogP contribution in [-0.4, -0.2) is 16.1 Å². The number of aryl methyl sites for hydroxylation is 1. The van der Waals surface area contributed by atoms with Gasteiger partial charge in [0.25, 0.3) is 0 Å². The third kappa shape index (κ3) is 1.56. The molecule has 0 saturated heterocycles. The van der Waals surface area contributed by atoms with E-state index in [1.54, 1.807) is 39.0 Å². The second kappa shape index (κ2) is 3.33. The quantitative estimate of drug-likeness (QED) is 0.842. The maximum atomic E-state index is 11.1. The summed E-state index contributed by atoms with van der Waals surface area (Å²) in [5.74, 6) is -0.271. The zero-order valence-electron chi connectivity index (χ0n) is 9.44. The smallest absolute Gasteiger partial charge is 0.313 e. The number of carbonyl (C=O) groups is 1. The van der Waals surface area contributed by atoms with E-state index in [2.05, 4.69) is 4.98 Å². The van der Waals surface area contributed by atoms with E-state index in [0.29, 0.717) is 17.0 Å². The van der Waals surface area contributed by atoms with Gasteiger partial charge in [-0.15, -0.1) is 0 Å². The van der Waals surface area contributed by atoms with Crippen LogP contribution in [0.3, 0.4) is 0 Å². The van der Waals surface area contributed by atoms with Crippen LogP contribution in [-0.2, 0) is 10.2 Å². The molecule has 0 saturated carbocycles. The molecule has 0 aliphatic heterocycles. The van der Waals surface area contributed by atoms with E-state index < -0.39 is 11.4 Å². The van der Waals surface area contributed by atoms with Gasteiger partial charge in [-0.25, -0.2) is 4.98 Å². The number of hydrogen-bond acceptors (Lipinski definition) is 3. The summed E-state index contributed by atoms with van der Waals surface area (Å²) in [5.41, 5.74) is 1.19. The molecule has 2 aromatic rings. The van der Waals surface area contributed by atoms with Crippen LogP contribution in [0.25, 0.3) is 11.1 Å². The van der Waals surface area contributed by atoms with Crippen LogP contribution in [0.5, 0.6) is 0 Å². The Kier molecular flexibility index (Phi) is 2.22. The minimum atomic E-state index is -0.916. The predicted octanol–water partition coefficient (Wildman–Crippen LogP) is 2.50. The number of hydrogen-bond donors (Lipinski definition) is 1. The minimum absolute atomic E-state index is 0.584. The molecule has 0 aliphatic carbocycles. The highest BCUT2D eigenvalue weighted by atomic mass is 16.4. The van der Waals surface area contributed by atoms with Crippen molar-refractivity contribution in [2.45, 2.75) is 26.2 Å². The molecule has 16 heavy (non-hydrogen) atoms. The molecule has 4 nitrogen and oxygen atoms in total. The van der Waals surface area contributed by atoms with Crippen molar-refractivity contribution in [3.05, 3.63) is 29.7 Å². The average molecular weight is 219 g/mol. The molecule has 0 bridgehead atoms. The highest BCUT2D eigenvalue weighted by Gasteiger charge is 2.29. The highest BCUT2D eigenvalue weighted by Crippen LogP contribution is 2.27. The van der Waals surface area contributed by atoms with Crippen LogP contribution in [0, 0.1) is 6.92 Å². The molecule has 1 N–H and O–H groups in total. The van der Waals surface area contributed by atoms with E-state index in [4.69, 9.17) is 9.52 Å². The molecule has 0 amide bonds. The maximum Gasteiger partial charge on any atom is 0.313 e. The van der Waals surface area contributed by atoms with E-state index in [0.717, 1.165) is 5.56 Å². The van der Waals surface area contributed by atoms with E-state index in [9.17, 15) is 4.79 Å². The van der Waals surface area contributed by atoms with E-state index >= 15 is 0 Å². The SMILES string of the molecule is Cc1nc2cc(C(C)(C)C(=O)O)ccc2o1. The van der Waals surface area contributed by atoms with Crippen molar-refractivity contribution in [3.63, 3.8) is 0 Å². The molecule has 84 valence electrons. The van der Waals surface area contributed by atoms with Gasteiger partial charge < -0.3 is 9.52 Å². The van der Waals surface area contributed by atoms with Crippen LogP contribution < -0.4 is 0 Å². The highest BCUT2D eigenvalue weighted by molar-refractivity contribution is 5.83. The van der Waals surface area contributed by atoms with Gasteiger partial charge in [0.05, 0.1) is 5.41 Å². The molecule has 1 aromatic heterocycles. The lowest BCUT2D eigenvalue weighted by Gasteiger charge is -2.19. The Morgan fingerprint density at radius 1 is 1.44 bits per heavy atom. The number of nitrogens with zero attached hydrogens (tertiary/aromatic N) is 1. The Labute approximate surface area is 92.9 Å². The first-order chi connectivity index (χ1) is 7.41. The van der Waals surface area contributed by atoms with Gasteiger partial charge in [0, 0.05) is 6.92 Å². The molecule has 0 unspecified atom stereocenters. The van der Waals surface area contributed by atoms with Crippen molar-refractivity contribution in [1.82, 2.24) is 4.98 Å². The molecule has 0 atom stereocenters. The van der Waals surface area contributed by atoms with Gasteiger partial charge in [-0.3, -0.25) is 4.79 Å². The molecule has 1 heterocycles. The number of benzene rings is 1. The maximum absolute atomic E-state index is 11.1. The van der Waals surface area contributed by atoms with Gasteiger partial charge in [-0.1, -0.05) is 6.07 Å². The van der Waals surface area contributed by atoms with Crippen molar-refractivity contribution < 1.29 is 14.3 Å². The van der Waals surface area contributed by atoms with Crippen LogP contribution in [0.15, 0.2) is 22.6 Å². The molecular formula is C12H13NO3. The lowest BCUT2D eigenvalue weighted by Crippen LogP contribution is -2.28. The van der Waals surface area contributed by atoms with Crippen molar-refractivity contribution in [3.8, 4) is 0 Å². The van der Waals surface area contributed by atoms with Gasteiger partial charge in [-0.2, -0.15) is 0 Å². The summed E-state index contributed by atoms with van der Waals surface area (Å²) < 4.78 is 5.34.